The molecular formula is C10H14N2O2. The minimum atomic E-state index is -0.330. The molecule has 1 aromatic rings. The molecule has 1 aromatic heterocycles. The van der Waals surface area contributed by atoms with Gasteiger partial charge in [-0.2, -0.15) is 0 Å². The number of hydrogen-bond donors (Lipinski definition) is 1. The molecular weight excluding hydrogens is 180 g/mol. The van der Waals surface area contributed by atoms with Crippen LogP contribution in [0, 0.1) is 13.8 Å². The number of rotatable bonds is 1. The van der Waals surface area contributed by atoms with E-state index in [4.69, 9.17) is 0 Å². The van der Waals surface area contributed by atoms with E-state index in [0.717, 1.165) is 5.69 Å². The van der Waals surface area contributed by atoms with Crippen LogP contribution in [0.2, 0.25) is 0 Å². The molecule has 0 radical (unpaired) electrons. The van der Waals surface area contributed by atoms with Crippen LogP contribution >= 0.6 is 0 Å². The molecule has 0 spiro atoms. The Hall–Kier alpha value is -1.58. The maximum Gasteiger partial charge on any atom is 0.263 e. The topological polar surface area (TPSA) is 51.1 Å². The van der Waals surface area contributed by atoms with Crippen LogP contribution in [0.1, 0.15) is 21.6 Å². The van der Waals surface area contributed by atoms with Crippen LogP contribution in [0.5, 0.6) is 0 Å². The summed E-state index contributed by atoms with van der Waals surface area (Å²) in [6.45, 7) is 3.60. The largest absolute Gasteiger partial charge is 0.355 e. The van der Waals surface area contributed by atoms with E-state index in [1.54, 1.807) is 14.0 Å². The summed E-state index contributed by atoms with van der Waals surface area (Å²) in [7, 11) is 3.17. The first-order valence-corrected chi connectivity index (χ1v) is 4.38. The smallest absolute Gasteiger partial charge is 0.263 e. The van der Waals surface area contributed by atoms with Gasteiger partial charge in [-0.25, -0.2) is 0 Å². The van der Waals surface area contributed by atoms with Crippen LogP contribution in [-0.4, -0.2) is 17.5 Å². The Bertz CT molecular complexity index is 432. The number of hydrogen-bond acceptors (Lipinski definition) is 2. The van der Waals surface area contributed by atoms with Gasteiger partial charge in [-0.1, -0.05) is 0 Å². The minimum absolute atomic E-state index is 0.223. The molecule has 14 heavy (non-hydrogen) atoms. The maximum absolute atomic E-state index is 11.7. The molecule has 0 aliphatic rings. The highest BCUT2D eigenvalue weighted by Gasteiger charge is 2.14. The van der Waals surface area contributed by atoms with Gasteiger partial charge in [-0.05, 0) is 25.5 Å². The van der Waals surface area contributed by atoms with Crippen LogP contribution < -0.4 is 10.9 Å². The summed E-state index contributed by atoms with van der Waals surface area (Å²) in [6.07, 6.45) is 0. The molecule has 4 heteroatoms. The molecule has 1 rings (SSSR count). The Morgan fingerprint density at radius 1 is 1.43 bits per heavy atom. The van der Waals surface area contributed by atoms with Crippen LogP contribution in [-0.2, 0) is 7.05 Å². The molecule has 0 aliphatic carbocycles. The number of amides is 1. The van der Waals surface area contributed by atoms with Crippen molar-refractivity contribution in [1.82, 2.24) is 9.88 Å². The van der Waals surface area contributed by atoms with Crippen LogP contribution in [0.25, 0.3) is 0 Å². The van der Waals surface area contributed by atoms with Crippen molar-refractivity contribution in [3.8, 4) is 0 Å². The Labute approximate surface area is 82.6 Å². The summed E-state index contributed by atoms with van der Waals surface area (Å²) in [5.41, 5.74) is 1.53. The average Bonchev–Trinajstić information content (AvgIpc) is 2.14. The lowest BCUT2D eigenvalue weighted by Gasteiger charge is -2.09. The zero-order valence-electron chi connectivity index (χ0n) is 8.84. The van der Waals surface area contributed by atoms with Crippen LogP contribution in [0.15, 0.2) is 10.9 Å². The summed E-state index contributed by atoms with van der Waals surface area (Å²) >= 11 is 0. The van der Waals surface area contributed by atoms with E-state index < -0.39 is 0 Å². The first-order chi connectivity index (χ1) is 6.49. The van der Waals surface area contributed by atoms with Crippen molar-refractivity contribution in [2.45, 2.75) is 13.8 Å². The molecule has 0 bridgehead atoms. The predicted octanol–water partition coefficient (Wildman–Crippen LogP) is 0.362. The highest BCUT2D eigenvalue weighted by atomic mass is 16.2. The lowest BCUT2D eigenvalue weighted by atomic mass is 10.1. The second-order valence-electron chi connectivity index (χ2n) is 3.29. The van der Waals surface area contributed by atoms with E-state index in [-0.39, 0.29) is 17.0 Å². The van der Waals surface area contributed by atoms with Gasteiger partial charge in [0.25, 0.3) is 11.5 Å². The van der Waals surface area contributed by atoms with E-state index >= 15 is 0 Å². The van der Waals surface area contributed by atoms with Crippen LogP contribution in [0.3, 0.4) is 0 Å². The summed E-state index contributed by atoms with van der Waals surface area (Å²) in [4.78, 5) is 23.1. The van der Waals surface area contributed by atoms with Crippen molar-refractivity contribution in [3.63, 3.8) is 0 Å². The van der Waals surface area contributed by atoms with Crippen molar-refractivity contribution in [2.75, 3.05) is 7.05 Å². The standard InChI is InChI=1S/C10H14N2O2/c1-6-5-7(2)12(4)10(14)8(6)9(13)11-3/h5H,1-4H3,(H,11,13). The molecule has 0 aliphatic heterocycles. The molecule has 0 fully saturated rings. The van der Waals surface area contributed by atoms with Gasteiger partial charge in [0.05, 0.1) is 0 Å². The number of nitrogens with zero attached hydrogens (tertiary/aromatic N) is 1. The molecule has 4 nitrogen and oxygen atoms in total. The zero-order valence-corrected chi connectivity index (χ0v) is 8.84. The van der Waals surface area contributed by atoms with Crippen molar-refractivity contribution in [3.05, 3.63) is 33.2 Å². The number of nitrogens with one attached hydrogen (secondary N) is 1. The Morgan fingerprint density at radius 2 is 2.00 bits per heavy atom. The van der Waals surface area contributed by atoms with E-state index in [2.05, 4.69) is 5.32 Å². The summed E-state index contributed by atoms with van der Waals surface area (Å²) < 4.78 is 1.47. The Kier molecular flexibility index (Phi) is 2.74. The second kappa shape index (κ2) is 3.65. The molecule has 1 N–H and O–H groups in total. The van der Waals surface area contributed by atoms with Gasteiger partial charge in [-0.15, -0.1) is 0 Å². The van der Waals surface area contributed by atoms with Crippen LogP contribution in [0.4, 0.5) is 0 Å². The number of aryl methyl sites for hydroxylation is 2. The lowest BCUT2D eigenvalue weighted by molar-refractivity contribution is 0.0960. The molecule has 0 aromatic carbocycles. The minimum Gasteiger partial charge on any atom is -0.355 e. The summed E-state index contributed by atoms with van der Waals surface area (Å²) in [5, 5.41) is 2.46. The maximum atomic E-state index is 11.7. The van der Waals surface area contributed by atoms with Crippen molar-refractivity contribution in [1.29, 1.82) is 0 Å². The third kappa shape index (κ3) is 1.55. The van der Waals surface area contributed by atoms with Gasteiger partial charge >= 0.3 is 0 Å². The van der Waals surface area contributed by atoms with Gasteiger partial charge < -0.3 is 9.88 Å². The van der Waals surface area contributed by atoms with E-state index in [9.17, 15) is 9.59 Å². The SMILES string of the molecule is CNC(=O)c1c(C)cc(C)n(C)c1=O. The Morgan fingerprint density at radius 3 is 2.50 bits per heavy atom. The molecule has 0 unspecified atom stereocenters. The molecule has 0 atom stereocenters. The monoisotopic (exact) mass is 194 g/mol. The van der Waals surface area contributed by atoms with Crippen molar-refractivity contribution < 1.29 is 4.79 Å². The van der Waals surface area contributed by atoms with Crippen molar-refractivity contribution in [2.24, 2.45) is 7.05 Å². The first kappa shape index (κ1) is 10.5. The van der Waals surface area contributed by atoms with Gasteiger partial charge in [-0.3, -0.25) is 9.59 Å². The fraction of sp³-hybridized carbons (Fsp3) is 0.400. The quantitative estimate of drug-likeness (QED) is 0.701. The van der Waals surface area contributed by atoms with Gasteiger partial charge in [0.1, 0.15) is 5.56 Å². The Balaban J connectivity index is 3.52. The fourth-order valence-corrected chi connectivity index (χ4v) is 1.38. The summed E-state index contributed by atoms with van der Waals surface area (Å²) in [5.74, 6) is -0.330. The third-order valence-corrected chi connectivity index (χ3v) is 2.32. The third-order valence-electron chi connectivity index (χ3n) is 2.32. The zero-order chi connectivity index (χ0) is 10.9. The number of pyridine rings is 1. The molecule has 76 valence electrons. The number of carbonyl (C=O) groups is 1. The van der Waals surface area contributed by atoms with E-state index in [1.165, 1.54) is 11.6 Å². The highest BCUT2D eigenvalue weighted by Crippen LogP contribution is 2.04. The highest BCUT2D eigenvalue weighted by molar-refractivity contribution is 5.95. The first-order valence-electron chi connectivity index (χ1n) is 4.38. The number of aromatic nitrogens is 1. The number of carbonyl (C=O) groups excluding carboxylic acids is 1. The van der Waals surface area contributed by atoms with E-state index in [1.807, 2.05) is 13.0 Å². The van der Waals surface area contributed by atoms with Gasteiger partial charge in [0.2, 0.25) is 0 Å². The molecule has 1 heterocycles. The summed E-state index contributed by atoms with van der Waals surface area (Å²) in [6, 6.07) is 1.83. The molecule has 0 saturated carbocycles. The normalized spacial score (nSPS) is 10.0. The fourth-order valence-electron chi connectivity index (χ4n) is 1.38. The molecule has 0 saturated heterocycles. The average molecular weight is 194 g/mol. The van der Waals surface area contributed by atoms with E-state index in [0.29, 0.717) is 5.56 Å². The van der Waals surface area contributed by atoms with Crippen molar-refractivity contribution >= 4 is 5.91 Å². The van der Waals surface area contributed by atoms with Gasteiger partial charge in [0, 0.05) is 19.8 Å². The second-order valence-corrected chi connectivity index (χ2v) is 3.29. The predicted molar refractivity (Wildman–Crippen MR) is 54.5 cm³/mol. The molecule has 1 amide bonds. The lowest BCUT2D eigenvalue weighted by Crippen LogP contribution is -2.32. The van der Waals surface area contributed by atoms with Gasteiger partial charge in [0.15, 0.2) is 0 Å².